The summed E-state index contributed by atoms with van der Waals surface area (Å²) in [6.07, 6.45) is -4.54. The van der Waals surface area contributed by atoms with Crippen molar-refractivity contribution in [3.63, 3.8) is 0 Å². The Morgan fingerprint density at radius 2 is 2.07 bits per heavy atom. The van der Waals surface area contributed by atoms with Crippen LogP contribution in [0.1, 0.15) is 19.3 Å². The number of hydrogen-bond donors (Lipinski definition) is 0. The lowest BCUT2D eigenvalue weighted by atomic mass is 9.78. The molecule has 0 N–H and O–H groups in total. The van der Waals surface area contributed by atoms with Crippen molar-refractivity contribution in [1.82, 2.24) is 0 Å². The zero-order valence-corrected chi connectivity index (χ0v) is 7.51. The Hall–Kier alpha value is -0.580. The average Bonchev–Trinajstić information content (AvgIpc) is 2.50. The maximum atomic E-state index is 12.4. The topological polar surface area (TPSA) is 26.3 Å². The third-order valence-corrected chi connectivity index (χ3v) is 3.05. The molecule has 0 spiro atoms. The summed E-state index contributed by atoms with van der Waals surface area (Å²) in [5, 5.41) is 0. The van der Waals surface area contributed by atoms with E-state index >= 15 is 0 Å². The normalized spacial score (nSPS) is 38.5. The fourth-order valence-electron chi connectivity index (χ4n) is 2.26. The Morgan fingerprint density at radius 1 is 1.36 bits per heavy atom. The van der Waals surface area contributed by atoms with Crippen LogP contribution >= 0.6 is 0 Å². The molecule has 0 aromatic carbocycles. The maximum Gasteiger partial charge on any atom is 0.392 e. The summed E-state index contributed by atoms with van der Waals surface area (Å²) in [4.78, 5) is 11.4. The first kappa shape index (κ1) is 9.96. The standard InChI is InChI=1S/C9H11F3O2/c10-9(11,12)5-3-7(13)6-1-2-14-8(6)4-5/h5-6,8H,1-4H2/t5-,6-,8-/m0/s1. The van der Waals surface area contributed by atoms with Crippen LogP contribution in [0.4, 0.5) is 13.2 Å². The zero-order chi connectivity index (χ0) is 10.3. The summed E-state index contributed by atoms with van der Waals surface area (Å²) in [5.41, 5.74) is 0. The van der Waals surface area contributed by atoms with E-state index in [4.69, 9.17) is 4.74 Å². The van der Waals surface area contributed by atoms with Crippen molar-refractivity contribution in [1.29, 1.82) is 0 Å². The lowest BCUT2D eigenvalue weighted by molar-refractivity contribution is -0.193. The molecule has 2 aliphatic rings. The first-order valence-electron chi connectivity index (χ1n) is 4.69. The van der Waals surface area contributed by atoms with Crippen molar-refractivity contribution in [2.75, 3.05) is 6.61 Å². The second kappa shape index (κ2) is 3.22. The second-order valence-electron chi connectivity index (χ2n) is 3.95. The van der Waals surface area contributed by atoms with E-state index in [0.717, 1.165) is 0 Å². The Labute approximate surface area is 79.4 Å². The predicted octanol–water partition coefficient (Wildman–Crippen LogP) is 1.93. The molecule has 1 saturated heterocycles. The van der Waals surface area contributed by atoms with E-state index < -0.39 is 18.2 Å². The van der Waals surface area contributed by atoms with E-state index in [1.54, 1.807) is 0 Å². The molecule has 5 heteroatoms. The van der Waals surface area contributed by atoms with Gasteiger partial charge >= 0.3 is 6.18 Å². The van der Waals surface area contributed by atoms with Crippen LogP contribution in [0.2, 0.25) is 0 Å². The molecule has 2 fully saturated rings. The molecule has 3 atom stereocenters. The number of Topliss-reactive ketones (excluding diaryl/α,β-unsaturated/α-hetero) is 1. The van der Waals surface area contributed by atoms with Crippen LogP contribution in [-0.4, -0.2) is 24.7 Å². The van der Waals surface area contributed by atoms with Gasteiger partial charge in [-0.2, -0.15) is 13.2 Å². The van der Waals surface area contributed by atoms with Gasteiger partial charge in [-0.25, -0.2) is 0 Å². The highest BCUT2D eigenvalue weighted by Crippen LogP contribution is 2.42. The third-order valence-electron chi connectivity index (χ3n) is 3.05. The highest BCUT2D eigenvalue weighted by Gasteiger charge is 2.49. The van der Waals surface area contributed by atoms with Crippen LogP contribution in [0.25, 0.3) is 0 Å². The van der Waals surface area contributed by atoms with Crippen LogP contribution in [-0.2, 0) is 9.53 Å². The minimum atomic E-state index is -4.26. The molecule has 0 aromatic heterocycles. The van der Waals surface area contributed by atoms with Crippen molar-refractivity contribution >= 4 is 5.78 Å². The molecule has 1 aliphatic heterocycles. The highest BCUT2D eigenvalue weighted by molar-refractivity contribution is 5.83. The number of carbonyl (C=O) groups excluding carboxylic acids is 1. The molecule has 0 bridgehead atoms. The molecular weight excluding hydrogens is 197 g/mol. The van der Waals surface area contributed by atoms with Crippen LogP contribution < -0.4 is 0 Å². The zero-order valence-electron chi connectivity index (χ0n) is 7.51. The molecule has 0 amide bonds. The Bertz CT molecular complexity index is 249. The minimum absolute atomic E-state index is 0.0418. The lowest BCUT2D eigenvalue weighted by Crippen LogP contribution is -2.39. The fraction of sp³-hybridized carbons (Fsp3) is 0.889. The molecule has 14 heavy (non-hydrogen) atoms. The minimum Gasteiger partial charge on any atom is -0.377 e. The third kappa shape index (κ3) is 1.65. The summed E-state index contributed by atoms with van der Waals surface area (Å²) < 4.78 is 42.2. The van der Waals surface area contributed by atoms with Crippen molar-refractivity contribution in [3.8, 4) is 0 Å². The molecule has 1 heterocycles. The summed E-state index contributed by atoms with van der Waals surface area (Å²) in [7, 11) is 0. The summed E-state index contributed by atoms with van der Waals surface area (Å²) in [5.74, 6) is -2.04. The summed E-state index contributed by atoms with van der Waals surface area (Å²) >= 11 is 0. The maximum absolute atomic E-state index is 12.4. The first-order chi connectivity index (χ1) is 6.48. The van der Waals surface area contributed by atoms with Crippen molar-refractivity contribution in [3.05, 3.63) is 0 Å². The van der Waals surface area contributed by atoms with Gasteiger partial charge in [-0.05, 0) is 12.8 Å². The average molecular weight is 208 g/mol. The molecule has 2 nitrogen and oxygen atoms in total. The molecule has 1 saturated carbocycles. The van der Waals surface area contributed by atoms with Gasteiger partial charge in [0.1, 0.15) is 5.78 Å². The molecule has 0 aromatic rings. The van der Waals surface area contributed by atoms with E-state index in [-0.39, 0.29) is 24.5 Å². The fourth-order valence-corrected chi connectivity index (χ4v) is 2.26. The summed E-state index contributed by atoms with van der Waals surface area (Å²) in [6, 6.07) is 0. The van der Waals surface area contributed by atoms with E-state index in [9.17, 15) is 18.0 Å². The Balaban J connectivity index is 2.10. The highest BCUT2D eigenvalue weighted by atomic mass is 19.4. The SMILES string of the molecule is O=C1C[C@H](C(F)(F)F)C[C@@H]2OCC[C@@H]12. The van der Waals surface area contributed by atoms with Gasteiger partial charge in [-0.3, -0.25) is 4.79 Å². The molecule has 0 unspecified atom stereocenters. The van der Waals surface area contributed by atoms with Gasteiger partial charge in [0.2, 0.25) is 0 Å². The quantitative estimate of drug-likeness (QED) is 0.608. The van der Waals surface area contributed by atoms with E-state index in [1.165, 1.54) is 0 Å². The number of ketones is 1. The number of rotatable bonds is 0. The van der Waals surface area contributed by atoms with Gasteiger partial charge in [0.25, 0.3) is 0 Å². The van der Waals surface area contributed by atoms with E-state index in [2.05, 4.69) is 0 Å². The number of halogens is 3. The van der Waals surface area contributed by atoms with E-state index in [0.29, 0.717) is 13.0 Å². The largest absolute Gasteiger partial charge is 0.392 e. The molecule has 1 aliphatic carbocycles. The van der Waals surface area contributed by atoms with Gasteiger partial charge < -0.3 is 4.74 Å². The number of hydrogen-bond acceptors (Lipinski definition) is 2. The van der Waals surface area contributed by atoms with Crippen LogP contribution in [0.5, 0.6) is 0 Å². The van der Waals surface area contributed by atoms with Gasteiger partial charge in [0.05, 0.1) is 12.0 Å². The summed E-state index contributed by atoms with van der Waals surface area (Å²) in [6.45, 7) is 0.422. The van der Waals surface area contributed by atoms with E-state index in [1.807, 2.05) is 0 Å². The monoisotopic (exact) mass is 208 g/mol. The lowest BCUT2D eigenvalue weighted by Gasteiger charge is -2.30. The van der Waals surface area contributed by atoms with Crippen molar-refractivity contribution < 1.29 is 22.7 Å². The van der Waals surface area contributed by atoms with Gasteiger partial charge in [-0.1, -0.05) is 0 Å². The van der Waals surface area contributed by atoms with Crippen LogP contribution in [0, 0.1) is 11.8 Å². The first-order valence-corrected chi connectivity index (χ1v) is 4.69. The number of alkyl halides is 3. The predicted molar refractivity (Wildman–Crippen MR) is 41.6 cm³/mol. The van der Waals surface area contributed by atoms with Crippen molar-refractivity contribution in [2.24, 2.45) is 11.8 Å². The number of fused-ring (bicyclic) bond motifs is 1. The van der Waals surface area contributed by atoms with Gasteiger partial charge in [0, 0.05) is 18.9 Å². The molecule has 80 valence electrons. The van der Waals surface area contributed by atoms with Crippen molar-refractivity contribution in [2.45, 2.75) is 31.5 Å². The Morgan fingerprint density at radius 3 is 2.71 bits per heavy atom. The second-order valence-corrected chi connectivity index (χ2v) is 3.95. The van der Waals surface area contributed by atoms with Gasteiger partial charge in [-0.15, -0.1) is 0 Å². The molecule has 0 radical (unpaired) electrons. The molecular formula is C9H11F3O2. The van der Waals surface area contributed by atoms with Crippen LogP contribution in [0.15, 0.2) is 0 Å². The van der Waals surface area contributed by atoms with Gasteiger partial charge in [0.15, 0.2) is 0 Å². The number of carbonyl (C=O) groups is 1. The smallest absolute Gasteiger partial charge is 0.377 e. The Kier molecular flexibility index (Phi) is 2.29. The van der Waals surface area contributed by atoms with Crippen LogP contribution in [0.3, 0.4) is 0 Å². The number of ether oxygens (including phenoxy) is 1. The molecule has 2 rings (SSSR count).